The lowest BCUT2D eigenvalue weighted by Crippen LogP contribution is -2.49. The first kappa shape index (κ1) is 10.5. The van der Waals surface area contributed by atoms with Crippen molar-refractivity contribution in [2.45, 2.75) is 19.9 Å². The fourth-order valence-electron chi connectivity index (χ4n) is 1.39. The van der Waals surface area contributed by atoms with Gasteiger partial charge in [0, 0.05) is 32.2 Å². The van der Waals surface area contributed by atoms with Gasteiger partial charge in [-0.2, -0.15) is 0 Å². The highest BCUT2D eigenvalue weighted by Gasteiger charge is 2.14. The van der Waals surface area contributed by atoms with Crippen LogP contribution in [0.15, 0.2) is 0 Å². The molecule has 1 fully saturated rings. The van der Waals surface area contributed by atoms with Crippen LogP contribution in [0.2, 0.25) is 0 Å². The summed E-state index contributed by atoms with van der Waals surface area (Å²) in [4.78, 5) is 13.2. The summed E-state index contributed by atoms with van der Waals surface area (Å²) in [6.07, 6.45) is 0. The van der Waals surface area contributed by atoms with Crippen molar-refractivity contribution in [3.05, 3.63) is 0 Å². The van der Waals surface area contributed by atoms with Crippen LogP contribution in [0.3, 0.4) is 0 Å². The molecule has 0 saturated carbocycles. The molecule has 2 N–H and O–H groups in total. The van der Waals surface area contributed by atoms with Gasteiger partial charge >= 0.3 is 0 Å². The second-order valence-electron chi connectivity index (χ2n) is 3.73. The maximum absolute atomic E-state index is 11.0. The Bertz CT molecular complexity index is 170. The number of nitrogens with zero attached hydrogens (tertiary/aromatic N) is 1. The van der Waals surface area contributed by atoms with Gasteiger partial charge in [-0.15, -0.1) is 0 Å². The van der Waals surface area contributed by atoms with E-state index in [1.54, 1.807) is 0 Å². The Hall–Kier alpha value is -0.610. The molecule has 0 aromatic carbocycles. The van der Waals surface area contributed by atoms with Crippen molar-refractivity contribution in [2.75, 3.05) is 32.7 Å². The van der Waals surface area contributed by atoms with Crippen molar-refractivity contribution in [3.63, 3.8) is 0 Å². The second kappa shape index (κ2) is 5.19. The van der Waals surface area contributed by atoms with E-state index in [9.17, 15) is 4.79 Å². The molecule has 0 unspecified atom stereocenters. The van der Waals surface area contributed by atoms with Gasteiger partial charge in [0.1, 0.15) is 0 Å². The van der Waals surface area contributed by atoms with E-state index in [4.69, 9.17) is 0 Å². The largest absolute Gasteiger partial charge is 0.354 e. The standard InChI is InChI=1S/C9H19N3O/c1-8(2)10-3-5-12-6-4-11-9(13)7-12/h8,10H,3-7H2,1-2H3,(H,11,13). The first-order valence-corrected chi connectivity index (χ1v) is 4.91. The Labute approximate surface area is 79.7 Å². The molecule has 4 heteroatoms. The fourth-order valence-corrected chi connectivity index (χ4v) is 1.39. The molecule has 0 spiro atoms. The maximum atomic E-state index is 11.0. The van der Waals surface area contributed by atoms with E-state index >= 15 is 0 Å². The number of nitrogens with one attached hydrogen (secondary N) is 2. The summed E-state index contributed by atoms with van der Waals surface area (Å²) in [5, 5.41) is 6.14. The molecule has 0 aliphatic carbocycles. The van der Waals surface area contributed by atoms with Gasteiger partial charge in [0.2, 0.25) is 5.91 Å². The monoisotopic (exact) mass is 185 g/mol. The van der Waals surface area contributed by atoms with Crippen LogP contribution in [0.25, 0.3) is 0 Å². The molecule has 0 aromatic heterocycles. The fraction of sp³-hybridized carbons (Fsp3) is 0.889. The van der Waals surface area contributed by atoms with E-state index in [2.05, 4.69) is 29.4 Å². The molecule has 0 atom stereocenters. The predicted octanol–water partition coefficient (Wildman–Crippen LogP) is -0.584. The Morgan fingerprint density at radius 1 is 1.62 bits per heavy atom. The molecule has 76 valence electrons. The Morgan fingerprint density at radius 2 is 2.38 bits per heavy atom. The third-order valence-corrected chi connectivity index (χ3v) is 2.10. The molecule has 0 aromatic rings. The van der Waals surface area contributed by atoms with Crippen molar-refractivity contribution in [2.24, 2.45) is 0 Å². The Kier molecular flexibility index (Phi) is 4.18. The van der Waals surface area contributed by atoms with Crippen LogP contribution in [-0.2, 0) is 4.79 Å². The molecule has 4 nitrogen and oxygen atoms in total. The topological polar surface area (TPSA) is 44.4 Å². The normalized spacial score (nSPS) is 19.2. The van der Waals surface area contributed by atoms with Crippen molar-refractivity contribution >= 4 is 5.91 Å². The number of carbonyl (C=O) groups excluding carboxylic acids is 1. The van der Waals surface area contributed by atoms with Crippen molar-refractivity contribution in [1.82, 2.24) is 15.5 Å². The van der Waals surface area contributed by atoms with Gasteiger partial charge < -0.3 is 10.6 Å². The average Bonchev–Trinajstić information content (AvgIpc) is 2.03. The number of hydrogen-bond donors (Lipinski definition) is 2. The zero-order chi connectivity index (χ0) is 9.68. The van der Waals surface area contributed by atoms with Crippen LogP contribution < -0.4 is 10.6 Å². The summed E-state index contributed by atoms with van der Waals surface area (Å²) in [6.45, 7) is 8.51. The van der Waals surface area contributed by atoms with Gasteiger partial charge in [-0.25, -0.2) is 0 Å². The minimum atomic E-state index is 0.149. The van der Waals surface area contributed by atoms with Gasteiger partial charge in [0.15, 0.2) is 0 Å². The molecule has 0 radical (unpaired) electrons. The van der Waals surface area contributed by atoms with E-state index in [0.717, 1.165) is 26.2 Å². The minimum absolute atomic E-state index is 0.149. The summed E-state index contributed by atoms with van der Waals surface area (Å²) in [5.74, 6) is 0.149. The lowest BCUT2D eigenvalue weighted by atomic mass is 10.3. The zero-order valence-electron chi connectivity index (χ0n) is 8.47. The van der Waals surface area contributed by atoms with Crippen LogP contribution in [0, 0.1) is 0 Å². The van der Waals surface area contributed by atoms with Gasteiger partial charge in [-0.3, -0.25) is 9.69 Å². The van der Waals surface area contributed by atoms with E-state index in [1.807, 2.05) is 0 Å². The quantitative estimate of drug-likeness (QED) is 0.615. The molecule has 1 heterocycles. The van der Waals surface area contributed by atoms with Crippen molar-refractivity contribution in [3.8, 4) is 0 Å². The molecular formula is C9H19N3O. The Morgan fingerprint density at radius 3 is 3.00 bits per heavy atom. The first-order valence-electron chi connectivity index (χ1n) is 4.91. The van der Waals surface area contributed by atoms with Crippen LogP contribution in [0.1, 0.15) is 13.8 Å². The summed E-state index contributed by atoms with van der Waals surface area (Å²) in [7, 11) is 0. The maximum Gasteiger partial charge on any atom is 0.234 e. The Balaban J connectivity index is 2.10. The molecule has 1 aliphatic rings. The summed E-state index contributed by atoms with van der Waals surface area (Å²) >= 11 is 0. The van der Waals surface area contributed by atoms with Crippen LogP contribution >= 0.6 is 0 Å². The van der Waals surface area contributed by atoms with E-state index in [-0.39, 0.29) is 5.91 Å². The molecular weight excluding hydrogens is 166 g/mol. The van der Waals surface area contributed by atoms with E-state index in [1.165, 1.54) is 0 Å². The smallest absolute Gasteiger partial charge is 0.234 e. The molecule has 13 heavy (non-hydrogen) atoms. The zero-order valence-corrected chi connectivity index (χ0v) is 8.47. The number of carbonyl (C=O) groups is 1. The lowest BCUT2D eigenvalue weighted by molar-refractivity contribution is -0.124. The number of rotatable bonds is 4. The van der Waals surface area contributed by atoms with Gasteiger partial charge in [-0.1, -0.05) is 13.8 Å². The number of amides is 1. The molecule has 1 saturated heterocycles. The van der Waals surface area contributed by atoms with Crippen LogP contribution in [-0.4, -0.2) is 49.6 Å². The SMILES string of the molecule is CC(C)NCCN1CCNC(=O)C1. The molecule has 1 aliphatic heterocycles. The number of hydrogen-bond acceptors (Lipinski definition) is 3. The highest BCUT2D eigenvalue weighted by Crippen LogP contribution is 1.91. The predicted molar refractivity (Wildman–Crippen MR) is 52.6 cm³/mol. The van der Waals surface area contributed by atoms with Crippen molar-refractivity contribution in [1.29, 1.82) is 0 Å². The van der Waals surface area contributed by atoms with Crippen LogP contribution in [0.5, 0.6) is 0 Å². The first-order chi connectivity index (χ1) is 6.18. The molecule has 1 amide bonds. The summed E-state index contributed by atoms with van der Waals surface area (Å²) < 4.78 is 0. The third kappa shape index (κ3) is 4.24. The molecule has 0 bridgehead atoms. The second-order valence-corrected chi connectivity index (χ2v) is 3.73. The van der Waals surface area contributed by atoms with Gasteiger partial charge in [-0.05, 0) is 0 Å². The van der Waals surface area contributed by atoms with E-state index in [0.29, 0.717) is 12.6 Å². The number of piperazine rings is 1. The third-order valence-electron chi connectivity index (χ3n) is 2.10. The van der Waals surface area contributed by atoms with Crippen LogP contribution in [0.4, 0.5) is 0 Å². The highest BCUT2D eigenvalue weighted by molar-refractivity contribution is 5.78. The minimum Gasteiger partial charge on any atom is -0.354 e. The molecule has 1 rings (SSSR count). The van der Waals surface area contributed by atoms with Gasteiger partial charge in [0.25, 0.3) is 0 Å². The van der Waals surface area contributed by atoms with Gasteiger partial charge in [0.05, 0.1) is 6.54 Å². The van der Waals surface area contributed by atoms with Crippen molar-refractivity contribution < 1.29 is 4.79 Å². The summed E-state index contributed by atoms with van der Waals surface area (Å²) in [6, 6.07) is 0.526. The van der Waals surface area contributed by atoms with E-state index < -0.39 is 0 Å². The highest BCUT2D eigenvalue weighted by atomic mass is 16.2. The summed E-state index contributed by atoms with van der Waals surface area (Å²) in [5.41, 5.74) is 0. The lowest BCUT2D eigenvalue weighted by Gasteiger charge is -2.26. The average molecular weight is 185 g/mol.